The highest BCUT2D eigenvalue weighted by atomic mass is 32.2. The summed E-state index contributed by atoms with van der Waals surface area (Å²) in [5.41, 5.74) is 4.19. The first kappa shape index (κ1) is 30.0. The van der Waals surface area contributed by atoms with Crippen LogP contribution in [0.2, 0.25) is 0 Å². The maximum Gasteiger partial charge on any atom is 0.161 e. The van der Waals surface area contributed by atoms with Crippen LogP contribution in [0.4, 0.5) is 0 Å². The van der Waals surface area contributed by atoms with Gasteiger partial charge in [0.15, 0.2) is 11.1 Å². The highest BCUT2D eigenvalue weighted by molar-refractivity contribution is 7.99. The molecule has 226 valence electrons. The van der Waals surface area contributed by atoms with Gasteiger partial charge >= 0.3 is 0 Å². The van der Waals surface area contributed by atoms with Crippen LogP contribution < -0.4 is 9.47 Å². The maximum atomic E-state index is 10.6. The molecule has 7 heteroatoms. The van der Waals surface area contributed by atoms with Gasteiger partial charge in [0.1, 0.15) is 28.8 Å². The average molecular weight is 616 g/mol. The van der Waals surface area contributed by atoms with Crippen molar-refractivity contribution in [3.63, 3.8) is 0 Å². The van der Waals surface area contributed by atoms with Crippen molar-refractivity contribution in [2.24, 2.45) is 5.34 Å². The third kappa shape index (κ3) is 8.34. The van der Waals surface area contributed by atoms with E-state index in [0.717, 1.165) is 80.7 Å². The van der Waals surface area contributed by atoms with Crippen molar-refractivity contribution < 1.29 is 19.4 Å². The lowest BCUT2D eigenvalue weighted by atomic mass is 9.98. The van der Waals surface area contributed by atoms with Crippen molar-refractivity contribution in [2.45, 2.75) is 48.3 Å². The number of aliphatic hydroxyl groups is 1. The van der Waals surface area contributed by atoms with Crippen molar-refractivity contribution in [3.8, 4) is 23.0 Å². The van der Waals surface area contributed by atoms with Gasteiger partial charge in [0.2, 0.25) is 0 Å². The smallest absolute Gasteiger partial charge is 0.161 e. The lowest BCUT2D eigenvalue weighted by Gasteiger charge is -2.13. The first-order chi connectivity index (χ1) is 22.1. The summed E-state index contributed by atoms with van der Waals surface area (Å²) in [6.07, 6.45) is 13.0. The van der Waals surface area contributed by atoms with Crippen molar-refractivity contribution in [3.05, 3.63) is 160 Å². The molecule has 0 spiro atoms. The number of allylic oxidation sites excluding steroid dienone is 6. The molecule has 0 aliphatic heterocycles. The van der Waals surface area contributed by atoms with Crippen molar-refractivity contribution in [1.29, 1.82) is 0 Å². The second-order valence-corrected chi connectivity index (χ2v) is 12.0. The Morgan fingerprint density at radius 1 is 0.556 bits per heavy atom. The summed E-state index contributed by atoms with van der Waals surface area (Å²) >= 11 is 1.67. The second-order valence-electron chi connectivity index (χ2n) is 10.8. The van der Waals surface area contributed by atoms with Gasteiger partial charge in [0.05, 0.1) is 0 Å². The van der Waals surface area contributed by atoms with Gasteiger partial charge in [-0.15, -0.1) is 4.91 Å². The molecule has 0 heterocycles. The van der Waals surface area contributed by atoms with Crippen molar-refractivity contribution in [2.75, 3.05) is 0 Å². The summed E-state index contributed by atoms with van der Waals surface area (Å²) in [4.78, 5) is 17.7. The normalized spacial score (nSPS) is 14.4. The Labute approximate surface area is 267 Å². The average Bonchev–Trinajstić information content (AvgIpc) is 3.07. The molecule has 0 saturated heterocycles. The van der Waals surface area contributed by atoms with Crippen molar-refractivity contribution in [1.82, 2.24) is 0 Å². The van der Waals surface area contributed by atoms with Crippen LogP contribution in [0, 0.1) is 4.91 Å². The van der Waals surface area contributed by atoms with Crippen LogP contribution in [0.5, 0.6) is 23.0 Å². The Morgan fingerprint density at radius 2 is 0.978 bits per heavy atom. The standard InChI is InChI=1S/C38H33NO5S/c40-37-7-3-1-5-29(37)25-27-9-13-31(14-10-27)42-33-17-21-35(22-18-33)45-36-23-19-34(20-24-36)43-32-15-11-28(12-16-32)26-30-6-2-4-8-38(30)44-39-41/h5-24,40H,1-4,25-26H2. The first-order valence-corrected chi connectivity index (χ1v) is 15.8. The van der Waals surface area contributed by atoms with Gasteiger partial charge in [-0.3, -0.25) is 0 Å². The molecule has 0 saturated carbocycles. The van der Waals surface area contributed by atoms with E-state index < -0.39 is 0 Å². The molecule has 0 bridgehead atoms. The molecular weight excluding hydrogens is 582 g/mol. The van der Waals surface area contributed by atoms with E-state index in [1.807, 2.05) is 97.1 Å². The highest BCUT2D eigenvalue weighted by Gasteiger charge is 2.13. The van der Waals surface area contributed by atoms with Gasteiger partial charge in [0, 0.05) is 22.6 Å². The largest absolute Gasteiger partial charge is 0.508 e. The topological polar surface area (TPSA) is 77.4 Å². The van der Waals surface area contributed by atoms with E-state index in [4.69, 9.17) is 14.3 Å². The fraction of sp³-hybridized carbons (Fsp3) is 0.158. The third-order valence-electron chi connectivity index (χ3n) is 7.55. The fourth-order valence-electron chi connectivity index (χ4n) is 5.23. The second kappa shape index (κ2) is 14.6. The minimum absolute atomic E-state index is 0.397. The number of aliphatic hydroxyl groups excluding tert-OH is 1. The van der Waals surface area contributed by atoms with Crippen LogP contribution in [0.15, 0.2) is 159 Å². The SMILES string of the molecule is O=NOC1=CCCC=C1Cc1ccc(Oc2ccc(Sc3ccc(Oc4ccc(CC5=CCCC=C5O)cc4)cc3)cc2)cc1. The van der Waals surface area contributed by atoms with Crippen LogP contribution >= 0.6 is 11.8 Å². The quantitative estimate of drug-likeness (QED) is 0.126. The van der Waals surface area contributed by atoms with Gasteiger partial charge in [-0.05, 0) is 133 Å². The molecule has 0 fully saturated rings. The molecule has 0 aromatic heterocycles. The lowest BCUT2D eigenvalue weighted by Crippen LogP contribution is -2.00. The highest BCUT2D eigenvalue weighted by Crippen LogP contribution is 2.33. The van der Waals surface area contributed by atoms with Gasteiger partial charge < -0.3 is 19.4 Å². The molecule has 0 atom stereocenters. The summed E-state index contributed by atoms with van der Waals surface area (Å²) in [7, 11) is 0. The van der Waals surface area contributed by atoms with Crippen LogP contribution in [0.3, 0.4) is 0 Å². The molecule has 4 aromatic rings. The van der Waals surface area contributed by atoms with E-state index in [-0.39, 0.29) is 0 Å². The van der Waals surface area contributed by atoms with E-state index in [0.29, 0.717) is 24.4 Å². The molecule has 4 aromatic carbocycles. The zero-order valence-electron chi connectivity index (χ0n) is 24.7. The van der Waals surface area contributed by atoms with Gasteiger partial charge in [0.25, 0.3) is 0 Å². The number of rotatable bonds is 12. The minimum Gasteiger partial charge on any atom is -0.508 e. The molecule has 0 unspecified atom stereocenters. The monoisotopic (exact) mass is 615 g/mol. The summed E-state index contributed by atoms with van der Waals surface area (Å²) in [5, 5.41) is 12.7. The van der Waals surface area contributed by atoms with Crippen LogP contribution in [0.25, 0.3) is 0 Å². The minimum atomic E-state index is 0.397. The van der Waals surface area contributed by atoms with E-state index in [2.05, 4.69) is 29.6 Å². The maximum absolute atomic E-state index is 10.6. The predicted octanol–water partition coefficient (Wildman–Crippen LogP) is 11.0. The Hall–Kier alpha value is -5.01. The van der Waals surface area contributed by atoms with E-state index >= 15 is 0 Å². The Kier molecular flexibility index (Phi) is 9.77. The Morgan fingerprint density at radius 3 is 1.47 bits per heavy atom. The fourth-order valence-corrected chi connectivity index (χ4v) is 6.04. The molecule has 45 heavy (non-hydrogen) atoms. The van der Waals surface area contributed by atoms with E-state index in [1.54, 1.807) is 11.8 Å². The van der Waals surface area contributed by atoms with Gasteiger partial charge in [-0.25, -0.2) is 0 Å². The summed E-state index contributed by atoms with van der Waals surface area (Å²) in [5.74, 6) is 4.00. The zero-order valence-corrected chi connectivity index (χ0v) is 25.5. The predicted molar refractivity (Wildman–Crippen MR) is 178 cm³/mol. The lowest BCUT2D eigenvalue weighted by molar-refractivity contribution is 0.226. The van der Waals surface area contributed by atoms with Gasteiger partial charge in [-0.2, -0.15) is 0 Å². The Bertz CT molecular complexity index is 1740. The van der Waals surface area contributed by atoms with Crippen molar-refractivity contribution >= 4 is 11.8 Å². The number of ether oxygens (including phenoxy) is 2. The van der Waals surface area contributed by atoms with Gasteiger partial charge in [-0.1, -0.05) is 48.2 Å². The molecule has 2 aliphatic carbocycles. The summed E-state index contributed by atoms with van der Waals surface area (Å²) in [6.45, 7) is 0. The number of hydrogen-bond donors (Lipinski definition) is 1. The molecular formula is C38H33NO5S. The molecule has 6 nitrogen and oxygen atoms in total. The third-order valence-corrected chi connectivity index (χ3v) is 8.57. The van der Waals surface area contributed by atoms with Crippen LogP contribution in [-0.2, 0) is 17.7 Å². The van der Waals surface area contributed by atoms with E-state index in [1.165, 1.54) is 0 Å². The first-order valence-electron chi connectivity index (χ1n) is 15.0. The van der Waals surface area contributed by atoms with E-state index in [9.17, 15) is 10.0 Å². The van der Waals surface area contributed by atoms with Crippen LogP contribution in [-0.4, -0.2) is 5.11 Å². The summed E-state index contributed by atoms with van der Waals surface area (Å²) < 4.78 is 12.1. The molecule has 0 amide bonds. The Balaban J connectivity index is 0.983. The molecule has 2 aliphatic rings. The summed E-state index contributed by atoms with van der Waals surface area (Å²) in [6, 6.07) is 32.0. The number of hydrogen-bond acceptors (Lipinski definition) is 7. The van der Waals surface area contributed by atoms with Crippen LogP contribution in [0.1, 0.15) is 36.8 Å². The zero-order chi connectivity index (χ0) is 30.8. The molecule has 1 N–H and O–H groups in total. The molecule has 0 radical (unpaired) electrons. The molecule has 6 rings (SSSR count). The number of benzene rings is 4. The number of nitrogens with zero attached hydrogens (tertiary/aromatic N) is 1.